The number of benzene rings is 1. The van der Waals surface area contributed by atoms with E-state index in [-0.39, 0.29) is 0 Å². The Morgan fingerprint density at radius 1 is 1.14 bits per heavy atom. The van der Waals surface area contributed by atoms with Crippen LogP contribution in [0.15, 0.2) is 36.5 Å². The molecule has 2 aromatic rings. The van der Waals surface area contributed by atoms with E-state index in [1.807, 2.05) is 22.9 Å². The summed E-state index contributed by atoms with van der Waals surface area (Å²) in [4.78, 5) is 2.63. The number of piperidine rings is 1. The van der Waals surface area contributed by atoms with Gasteiger partial charge in [-0.1, -0.05) is 30.3 Å². The van der Waals surface area contributed by atoms with E-state index in [2.05, 4.69) is 28.3 Å². The molecule has 4 nitrogen and oxygen atoms in total. The first-order valence-electron chi connectivity index (χ1n) is 7.92. The van der Waals surface area contributed by atoms with Gasteiger partial charge in [0.05, 0.1) is 6.54 Å². The first-order valence-corrected chi connectivity index (χ1v) is 7.92. The lowest BCUT2D eigenvalue weighted by Crippen LogP contribution is -2.34. The van der Waals surface area contributed by atoms with Crippen molar-refractivity contribution in [1.82, 2.24) is 14.7 Å². The summed E-state index contributed by atoms with van der Waals surface area (Å²) in [6, 6.07) is 11.1. The maximum atomic E-state index is 6.07. The minimum Gasteiger partial charge on any atom is -0.382 e. The van der Waals surface area contributed by atoms with E-state index in [9.17, 15) is 0 Å². The van der Waals surface area contributed by atoms with Gasteiger partial charge in [-0.05, 0) is 30.7 Å². The molecule has 1 saturated heterocycles. The number of fused-ring (bicyclic) bond motifs is 2. The summed E-state index contributed by atoms with van der Waals surface area (Å²) in [5, 5.41) is 4.48. The Labute approximate surface area is 125 Å². The first kappa shape index (κ1) is 12.9. The van der Waals surface area contributed by atoms with Crippen LogP contribution < -0.4 is 5.73 Å². The number of anilines is 1. The van der Waals surface area contributed by atoms with Crippen molar-refractivity contribution >= 4 is 5.82 Å². The lowest BCUT2D eigenvalue weighted by atomic mass is 10.1. The van der Waals surface area contributed by atoms with Gasteiger partial charge in [0.1, 0.15) is 0 Å². The Morgan fingerprint density at radius 2 is 2.00 bits per heavy atom. The van der Waals surface area contributed by atoms with Gasteiger partial charge >= 0.3 is 0 Å². The van der Waals surface area contributed by atoms with Gasteiger partial charge < -0.3 is 5.73 Å². The third-order valence-electron chi connectivity index (χ3n) is 5.01. The van der Waals surface area contributed by atoms with Gasteiger partial charge in [0.2, 0.25) is 0 Å². The summed E-state index contributed by atoms with van der Waals surface area (Å²) in [5.41, 5.74) is 8.25. The zero-order valence-electron chi connectivity index (χ0n) is 12.3. The highest BCUT2D eigenvalue weighted by Gasteiger charge is 2.37. The molecule has 4 rings (SSSR count). The van der Waals surface area contributed by atoms with E-state index < -0.39 is 0 Å². The molecule has 2 bridgehead atoms. The Bertz CT molecular complexity index is 619. The average Bonchev–Trinajstić information content (AvgIpc) is 3.21. The van der Waals surface area contributed by atoms with Crippen LogP contribution in [0.4, 0.5) is 5.82 Å². The van der Waals surface area contributed by atoms with Crippen LogP contribution in [0.2, 0.25) is 0 Å². The van der Waals surface area contributed by atoms with Crippen molar-refractivity contribution < 1.29 is 0 Å². The number of hydrogen-bond acceptors (Lipinski definition) is 3. The van der Waals surface area contributed by atoms with E-state index in [0.717, 1.165) is 36.2 Å². The molecule has 1 aromatic heterocycles. The molecule has 1 aliphatic carbocycles. The van der Waals surface area contributed by atoms with Gasteiger partial charge in [-0.3, -0.25) is 9.58 Å². The average molecular weight is 282 g/mol. The third kappa shape index (κ3) is 2.44. The van der Waals surface area contributed by atoms with Gasteiger partial charge in [-0.25, -0.2) is 0 Å². The van der Waals surface area contributed by atoms with E-state index in [4.69, 9.17) is 5.73 Å². The smallest absolute Gasteiger partial charge is 0.153 e. The number of likely N-dealkylation sites (tertiary alicyclic amines) is 1. The Morgan fingerprint density at radius 3 is 2.71 bits per heavy atom. The minimum atomic E-state index is 0.629. The molecule has 2 fully saturated rings. The standard InChI is InChI=1S/C17H22N4/c18-17-16(14-4-2-1-3-5-14)12-21(19-17)9-8-20-11-13-6-7-15(20)10-13/h1-5,12-13,15H,6-11H2,(H2,18,19). The van der Waals surface area contributed by atoms with Gasteiger partial charge in [0.15, 0.2) is 5.82 Å². The van der Waals surface area contributed by atoms with Crippen LogP contribution in [0.3, 0.4) is 0 Å². The summed E-state index contributed by atoms with van der Waals surface area (Å²) < 4.78 is 2.00. The van der Waals surface area contributed by atoms with E-state index in [0.29, 0.717) is 5.82 Å². The molecule has 1 aliphatic heterocycles. The molecule has 0 spiro atoms. The van der Waals surface area contributed by atoms with E-state index in [1.54, 1.807) is 0 Å². The monoisotopic (exact) mass is 282 g/mol. The summed E-state index contributed by atoms with van der Waals surface area (Å²) in [7, 11) is 0. The number of aromatic nitrogens is 2. The largest absolute Gasteiger partial charge is 0.382 e. The highest BCUT2D eigenvalue weighted by Crippen LogP contribution is 2.37. The van der Waals surface area contributed by atoms with Gasteiger partial charge in [-0.15, -0.1) is 0 Å². The van der Waals surface area contributed by atoms with Crippen molar-refractivity contribution in [2.45, 2.75) is 31.8 Å². The molecular weight excluding hydrogens is 260 g/mol. The van der Waals surface area contributed by atoms with Gasteiger partial charge in [0.25, 0.3) is 0 Å². The summed E-state index contributed by atoms with van der Waals surface area (Å²) in [6.45, 7) is 3.31. The van der Waals surface area contributed by atoms with Crippen molar-refractivity contribution in [3.8, 4) is 11.1 Å². The molecule has 0 amide bonds. The van der Waals surface area contributed by atoms with E-state index in [1.165, 1.54) is 25.8 Å². The van der Waals surface area contributed by atoms with Crippen molar-refractivity contribution in [1.29, 1.82) is 0 Å². The van der Waals surface area contributed by atoms with Crippen LogP contribution in [0.1, 0.15) is 19.3 Å². The molecule has 4 heteroatoms. The molecule has 2 unspecified atom stereocenters. The molecule has 110 valence electrons. The topological polar surface area (TPSA) is 47.1 Å². The summed E-state index contributed by atoms with van der Waals surface area (Å²) >= 11 is 0. The van der Waals surface area contributed by atoms with Crippen molar-refractivity contribution in [2.24, 2.45) is 5.92 Å². The van der Waals surface area contributed by atoms with Crippen LogP contribution in [0.5, 0.6) is 0 Å². The van der Waals surface area contributed by atoms with Crippen LogP contribution in [-0.2, 0) is 6.54 Å². The number of nitrogens with zero attached hydrogens (tertiary/aromatic N) is 3. The number of hydrogen-bond donors (Lipinski definition) is 1. The fourth-order valence-corrected chi connectivity index (χ4v) is 3.92. The second kappa shape index (κ2) is 5.19. The predicted molar refractivity (Wildman–Crippen MR) is 84.8 cm³/mol. The van der Waals surface area contributed by atoms with Crippen molar-refractivity contribution in [3.05, 3.63) is 36.5 Å². The second-order valence-electron chi connectivity index (χ2n) is 6.38. The molecule has 2 N–H and O–H groups in total. The molecule has 1 saturated carbocycles. The SMILES string of the molecule is Nc1nn(CCN2CC3CCC2C3)cc1-c1ccccc1. The van der Waals surface area contributed by atoms with Crippen LogP contribution in [0.25, 0.3) is 11.1 Å². The maximum absolute atomic E-state index is 6.07. The zero-order chi connectivity index (χ0) is 14.2. The number of rotatable bonds is 4. The predicted octanol–water partition coefficient (Wildman–Crippen LogP) is 2.62. The normalized spacial score (nSPS) is 24.8. The fraction of sp³-hybridized carbons (Fsp3) is 0.471. The van der Waals surface area contributed by atoms with E-state index >= 15 is 0 Å². The lowest BCUT2D eigenvalue weighted by Gasteiger charge is -2.26. The van der Waals surface area contributed by atoms with Gasteiger partial charge in [-0.2, -0.15) is 5.10 Å². The molecule has 0 radical (unpaired) electrons. The highest BCUT2D eigenvalue weighted by atomic mass is 15.3. The van der Waals surface area contributed by atoms with Crippen molar-refractivity contribution in [3.63, 3.8) is 0 Å². The summed E-state index contributed by atoms with van der Waals surface area (Å²) in [6.07, 6.45) is 6.32. The molecular formula is C17H22N4. The first-order chi connectivity index (χ1) is 10.3. The zero-order valence-corrected chi connectivity index (χ0v) is 12.3. The molecule has 2 aliphatic rings. The van der Waals surface area contributed by atoms with Crippen LogP contribution >= 0.6 is 0 Å². The molecule has 21 heavy (non-hydrogen) atoms. The Hall–Kier alpha value is -1.81. The second-order valence-corrected chi connectivity index (χ2v) is 6.38. The van der Waals surface area contributed by atoms with Crippen LogP contribution in [0, 0.1) is 5.92 Å². The Balaban J connectivity index is 1.45. The Kier molecular flexibility index (Phi) is 3.19. The summed E-state index contributed by atoms with van der Waals surface area (Å²) in [5.74, 6) is 1.58. The number of nitrogens with two attached hydrogens (primary N) is 1. The number of nitrogen functional groups attached to an aromatic ring is 1. The molecule has 2 heterocycles. The fourth-order valence-electron chi connectivity index (χ4n) is 3.92. The van der Waals surface area contributed by atoms with Crippen LogP contribution in [-0.4, -0.2) is 33.8 Å². The molecule has 1 aromatic carbocycles. The van der Waals surface area contributed by atoms with Gasteiger partial charge in [0, 0.05) is 30.9 Å². The minimum absolute atomic E-state index is 0.629. The molecule has 2 atom stereocenters. The quantitative estimate of drug-likeness (QED) is 0.937. The lowest BCUT2D eigenvalue weighted by molar-refractivity contribution is 0.203. The maximum Gasteiger partial charge on any atom is 0.153 e. The highest BCUT2D eigenvalue weighted by molar-refractivity contribution is 5.72. The van der Waals surface area contributed by atoms with Crippen molar-refractivity contribution in [2.75, 3.05) is 18.8 Å². The third-order valence-corrected chi connectivity index (χ3v) is 5.01.